The molecule has 47 heavy (non-hydrogen) atoms. The Kier molecular flexibility index (Phi) is 11.0. The highest BCUT2D eigenvalue weighted by Crippen LogP contribution is 2.39. The van der Waals surface area contributed by atoms with E-state index in [0.29, 0.717) is 32.6 Å². The molecule has 10 nitrogen and oxygen atoms in total. The molecule has 0 aliphatic carbocycles. The van der Waals surface area contributed by atoms with E-state index in [1.807, 2.05) is 78.9 Å². The Bertz CT molecular complexity index is 1450. The van der Waals surface area contributed by atoms with Crippen molar-refractivity contribution in [3.05, 3.63) is 107 Å². The molecule has 1 unspecified atom stereocenters. The van der Waals surface area contributed by atoms with E-state index in [2.05, 4.69) is 15.5 Å². The van der Waals surface area contributed by atoms with Crippen molar-refractivity contribution >= 4 is 11.8 Å². The fraction of sp³-hybridized carbons (Fsp3) is 0.459. The number of piperidine rings is 1. The summed E-state index contributed by atoms with van der Waals surface area (Å²) in [6, 6.07) is 24.4. The van der Waals surface area contributed by atoms with Crippen LogP contribution in [0.2, 0.25) is 0 Å². The van der Waals surface area contributed by atoms with E-state index < -0.39 is 24.2 Å². The quantitative estimate of drug-likeness (QED) is 0.278. The molecule has 3 N–H and O–H groups in total. The van der Waals surface area contributed by atoms with Crippen LogP contribution in [0.1, 0.15) is 66.4 Å². The molecule has 250 valence electrons. The van der Waals surface area contributed by atoms with Gasteiger partial charge in [-0.05, 0) is 35.6 Å². The Morgan fingerprint density at radius 2 is 1.53 bits per heavy atom. The lowest BCUT2D eigenvalue weighted by molar-refractivity contribution is -0.255. The summed E-state index contributed by atoms with van der Waals surface area (Å²) >= 11 is 0. The van der Waals surface area contributed by atoms with Crippen LogP contribution in [0.3, 0.4) is 0 Å². The number of hydrogen-bond acceptors (Lipinski definition) is 8. The molecule has 3 aliphatic rings. The lowest BCUT2D eigenvalue weighted by Crippen LogP contribution is -2.48. The first-order valence-corrected chi connectivity index (χ1v) is 16.6. The second kappa shape index (κ2) is 15.5. The number of carbonyl (C=O) groups excluding carboxylic acids is 2. The van der Waals surface area contributed by atoms with Crippen LogP contribution in [-0.2, 0) is 43.3 Å². The summed E-state index contributed by atoms with van der Waals surface area (Å²) < 4.78 is 24.9. The molecule has 0 aromatic heterocycles. The Balaban J connectivity index is 1.07. The van der Waals surface area contributed by atoms with Crippen LogP contribution >= 0.6 is 0 Å². The molecule has 0 bridgehead atoms. The number of carbonyl (C=O) groups is 2. The fourth-order valence-electron chi connectivity index (χ4n) is 6.51. The molecule has 3 fully saturated rings. The van der Waals surface area contributed by atoms with E-state index in [0.717, 1.165) is 60.3 Å². The van der Waals surface area contributed by atoms with Gasteiger partial charge in [-0.2, -0.15) is 0 Å². The van der Waals surface area contributed by atoms with E-state index in [4.69, 9.17) is 18.9 Å². The first kappa shape index (κ1) is 33.3. The standard InChI is InChI=1S/C37H45N3O7/c1-26(42)33(21-27-5-3-2-4-6-27)39-36(43)38-23-28-7-13-31(14-8-28)35-46-32(22-34(47-35)30-11-9-29(25-41)10-12-30)24-40-17-15-37(16-18-40)44-19-20-45-37/h2-14,32-35,41H,15-25H2,1H3,(H2,38,39,43)/t32-,33+,34+,35?/m0/s1. The third-order valence-electron chi connectivity index (χ3n) is 9.29. The van der Waals surface area contributed by atoms with Crippen molar-refractivity contribution in [3.8, 4) is 0 Å². The maximum absolute atomic E-state index is 12.7. The van der Waals surface area contributed by atoms with Crippen LogP contribution in [0.25, 0.3) is 0 Å². The van der Waals surface area contributed by atoms with Gasteiger partial charge in [0.2, 0.25) is 0 Å². The van der Waals surface area contributed by atoms with Crippen molar-refractivity contribution in [2.45, 2.75) is 76.1 Å². The van der Waals surface area contributed by atoms with Crippen LogP contribution in [0.15, 0.2) is 78.9 Å². The summed E-state index contributed by atoms with van der Waals surface area (Å²) in [5.74, 6) is -0.510. The van der Waals surface area contributed by atoms with Crippen molar-refractivity contribution < 1.29 is 33.6 Å². The number of ether oxygens (including phenoxy) is 4. The number of urea groups is 1. The Morgan fingerprint density at radius 1 is 0.872 bits per heavy atom. The van der Waals surface area contributed by atoms with Crippen molar-refractivity contribution in [1.29, 1.82) is 0 Å². The lowest BCUT2D eigenvalue weighted by atomic mass is 9.98. The highest BCUT2D eigenvalue weighted by Gasteiger charge is 2.41. The molecular formula is C37H45N3O7. The van der Waals surface area contributed by atoms with Crippen molar-refractivity contribution in [2.24, 2.45) is 0 Å². The minimum atomic E-state index is -0.600. The van der Waals surface area contributed by atoms with E-state index in [-0.39, 0.29) is 24.6 Å². The number of benzene rings is 3. The highest BCUT2D eigenvalue weighted by atomic mass is 16.7. The Hall–Kier alpha value is -3.64. The molecule has 1 spiro atoms. The largest absolute Gasteiger partial charge is 0.392 e. The SMILES string of the molecule is CC(=O)[C@@H](Cc1ccccc1)NC(=O)NCc1ccc(C2O[C@H](CN3CCC4(CC3)OCCO4)C[C@H](c3ccc(CO)cc3)O2)cc1. The van der Waals surface area contributed by atoms with Crippen LogP contribution in [0, 0.1) is 0 Å². The molecule has 3 aromatic carbocycles. The van der Waals surface area contributed by atoms with Crippen molar-refractivity contribution in [1.82, 2.24) is 15.5 Å². The van der Waals surface area contributed by atoms with E-state index in [9.17, 15) is 14.7 Å². The molecule has 4 atom stereocenters. The van der Waals surface area contributed by atoms with Crippen LogP contribution < -0.4 is 10.6 Å². The smallest absolute Gasteiger partial charge is 0.315 e. The van der Waals surface area contributed by atoms with E-state index in [1.165, 1.54) is 6.92 Å². The van der Waals surface area contributed by atoms with Crippen molar-refractivity contribution in [2.75, 3.05) is 32.8 Å². The maximum Gasteiger partial charge on any atom is 0.315 e. The normalized spacial score (nSPS) is 23.3. The summed E-state index contributed by atoms with van der Waals surface area (Å²) in [6.07, 6.45) is 2.07. The second-order valence-corrected chi connectivity index (χ2v) is 12.7. The average molecular weight is 644 g/mol. The molecular weight excluding hydrogens is 598 g/mol. The number of nitrogens with zero attached hydrogens (tertiary/aromatic N) is 1. The number of likely N-dealkylation sites (tertiary alicyclic amines) is 1. The number of aliphatic hydroxyl groups is 1. The summed E-state index contributed by atoms with van der Waals surface area (Å²) in [5.41, 5.74) is 4.70. The Morgan fingerprint density at radius 3 is 2.19 bits per heavy atom. The molecule has 0 radical (unpaired) electrons. The number of amides is 2. The molecule has 3 heterocycles. The summed E-state index contributed by atoms with van der Waals surface area (Å²) in [4.78, 5) is 27.3. The number of hydrogen-bond donors (Lipinski definition) is 3. The van der Waals surface area contributed by atoms with Crippen LogP contribution in [0.4, 0.5) is 4.79 Å². The van der Waals surface area contributed by atoms with Gasteiger partial charge in [0.05, 0.1) is 38.1 Å². The lowest BCUT2D eigenvalue weighted by Gasteiger charge is -2.41. The molecule has 3 saturated heterocycles. The number of rotatable bonds is 11. The predicted octanol–water partition coefficient (Wildman–Crippen LogP) is 4.56. The first-order chi connectivity index (χ1) is 22.9. The summed E-state index contributed by atoms with van der Waals surface area (Å²) in [7, 11) is 0. The molecule has 6 rings (SSSR count). The van der Waals surface area contributed by atoms with E-state index >= 15 is 0 Å². The third kappa shape index (κ3) is 8.84. The third-order valence-corrected chi connectivity index (χ3v) is 9.29. The topological polar surface area (TPSA) is 119 Å². The number of aliphatic hydroxyl groups excluding tert-OH is 1. The molecule has 3 aliphatic heterocycles. The predicted molar refractivity (Wildman–Crippen MR) is 175 cm³/mol. The molecule has 10 heteroatoms. The van der Waals surface area contributed by atoms with E-state index in [1.54, 1.807) is 0 Å². The second-order valence-electron chi connectivity index (χ2n) is 12.7. The van der Waals surface area contributed by atoms with Gasteiger partial charge in [0.25, 0.3) is 0 Å². The highest BCUT2D eigenvalue weighted by molar-refractivity contribution is 5.87. The van der Waals surface area contributed by atoms with Gasteiger partial charge in [-0.3, -0.25) is 4.79 Å². The van der Waals surface area contributed by atoms with Crippen molar-refractivity contribution in [3.63, 3.8) is 0 Å². The Labute approximate surface area is 276 Å². The summed E-state index contributed by atoms with van der Waals surface area (Å²) in [5, 5.41) is 15.2. The minimum absolute atomic E-state index is 0.00208. The van der Waals surface area contributed by atoms with Gasteiger partial charge in [0, 0.05) is 51.0 Å². The minimum Gasteiger partial charge on any atom is -0.392 e. The van der Waals surface area contributed by atoms with Gasteiger partial charge in [0.1, 0.15) is 0 Å². The van der Waals surface area contributed by atoms with Gasteiger partial charge in [-0.1, -0.05) is 78.9 Å². The summed E-state index contributed by atoms with van der Waals surface area (Å²) in [6.45, 7) is 5.68. The maximum atomic E-state index is 12.7. The van der Waals surface area contributed by atoms with Gasteiger partial charge < -0.3 is 39.6 Å². The number of ketones is 1. The van der Waals surface area contributed by atoms with Crippen LogP contribution in [0.5, 0.6) is 0 Å². The fourth-order valence-corrected chi connectivity index (χ4v) is 6.51. The van der Waals surface area contributed by atoms with Gasteiger partial charge in [-0.15, -0.1) is 0 Å². The zero-order chi connectivity index (χ0) is 32.6. The number of nitrogens with one attached hydrogen (secondary N) is 2. The zero-order valence-electron chi connectivity index (χ0n) is 26.9. The van der Waals surface area contributed by atoms with Crippen LogP contribution in [-0.4, -0.2) is 72.6 Å². The zero-order valence-corrected chi connectivity index (χ0v) is 26.9. The molecule has 2 amide bonds. The van der Waals surface area contributed by atoms with Gasteiger partial charge in [0.15, 0.2) is 17.9 Å². The average Bonchev–Trinajstić information content (AvgIpc) is 3.56. The number of Topliss-reactive ketones (excluding diaryl/α,β-unsaturated/α-hetero) is 1. The monoisotopic (exact) mass is 643 g/mol. The van der Waals surface area contributed by atoms with Gasteiger partial charge >= 0.3 is 6.03 Å². The first-order valence-electron chi connectivity index (χ1n) is 16.6. The van der Waals surface area contributed by atoms with Gasteiger partial charge in [-0.25, -0.2) is 4.79 Å². The molecule has 0 saturated carbocycles. The molecule has 3 aromatic rings.